The largest absolute Gasteiger partial charge is 0.469 e. The van der Waals surface area contributed by atoms with Gasteiger partial charge >= 0.3 is 5.97 Å². The molecule has 1 spiro atoms. The lowest BCUT2D eigenvalue weighted by Crippen LogP contribution is -2.45. The van der Waals surface area contributed by atoms with Gasteiger partial charge in [0.25, 0.3) is 11.8 Å². The molecule has 280 valence electrons. The van der Waals surface area contributed by atoms with Gasteiger partial charge < -0.3 is 33.2 Å². The molecule has 2 fully saturated rings. The Morgan fingerprint density at radius 2 is 1.75 bits per heavy atom. The molecule has 7 rings (SSSR count). The fourth-order valence-electron chi connectivity index (χ4n) is 8.95. The molecule has 4 heterocycles. The van der Waals surface area contributed by atoms with E-state index in [4.69, 9.17) is 14.2 Å². The van der Waals surface area contributed by atoms with E-state index in [0.29, 0.717) is 65.5 Å². The highest BCUT2D eigenvalue weighted by atomic mass is 28.4. The van der Waals surface area contributed by atoms with Gasteiger partial charge in [0.05, 0.1) is 49.2 Å². The van der Waals surface area contributed by atoms with Crippen LogP contribution in [0.1, 0.15) is 61.4 Å². The number of para-hydroxylation sites is 3. The molecule has 0 unspecified atom stereocenters. The van der Waals surface area contributed by atoms with Crippen molar-refractivity contribution < 1.29 is 42.6 Å². The number of benzene rings is 3. The maximum atomic E-state index is 16.6. The van der Waals surface area contributed by atoms with Gasteiger partial charge in [-0.1, -0.05) is 31.2 Å². The van der Waals surface area contributed by atoms with Gasteiger partial charge in [-0.3, -0.25) is 24.1 Å². The normalized spacial score (nSPS) is 24.9. The highest BCUT2D eigenvalue weighted by molar-refractivity contribution is 6.72. The van der Waals surface area contributed by atoms with E-state index in [-0.39, 0.29) is 55.7 Å². The maximum absolute atomic E-state index is 16.6. The molecular formula is C40H46FN3O8Si. The Hall–Kier alpha value is -4.59. The van der Waals surface area contributed by atoms with Crippen LogP contribution in [0.2, 0.25) is 18.6 Å². The van der Waals surface area contributed by atoms with E-state index in [1.54, 1.807) is 82.4 Å². The van der Waals surface area contributed by atoms with Gasteiger partial charge in [-0.05, 0) is 81.2 Å². The van der Waals surface area contributed by atoms with Crippen molar-refractivity contribution in [3.63, 3.8) is 0 Å². The first-order chi connectivity index (χ1) is 25.4. The molecule has 4 aliphatic rings. The molecule has 1 N–H and O–H groups in total. The number of methoxy groups -OCH3 is 1. The predicted molar refractivity (Wildman–Crippen MR) is 199 cm³/mol. The number of hydrogen-bond donors (Lipinski definition) is 1. The molecule has 0 radical (unpaired) electrons. The fourth-order valence-corrected chi connectivity index (χ4v) is 11.4. The van der Waals surface area contributed by atoms with Crippen molar-refractivity contribution in [2.45, 2.75) is 81.8 Å². The third-order valence-electron chi connectivity index (χ3n) is 11.4. The number of fused-ring (bicyclic) bond motifs is 4. The number of likely N-dealkylation sites (tertiary alicyclic amines) is 1. The lowest BCUT2D eigenvalue weighted by atomic mass is 9.82. The summed E-state index contributed by atoms with van der Waals surface area (Å²) in [6.07, 6.45) is 1.60. The molecule has 0 bridgehead atoms. The number of aliphatic hydroxyl groups excluding tert-OH is 1. The van der Waals surface area contributed by atoms with E-state index in [2.05, 4.69) is 0 Å². The second-order valence-corrected chi connectivity index (χ2v) is 18.7. The van der Waals surface area contributed by atoms with E-state index in [0.717, 1.165) is 6.42 Å². The third-order valence-corrected chi connectivity index (χ3v) is 13.8. The van der Waals surface area contributed by atoms with E-state index in [9.17, 15) is 24.3 Å². The number of hydrogen-bond acceptors (Lipinski definition) is 8. The van der Waals surface area contributed by atoms with Crippen LogP contribution in [-0.2, 0) is 29.5 Å². The zero-order chi connectivity index (χ0) is 37.7. The van der Waals surface area contributed by atoms with Crippen molar-refractivity contribution in [2.75, 3.05) is 36.6 Å². The van der Waals surface area contributed by atoms with Crippen LogP contribution in [0, 0.1) is 5.92 Å². The van der Waals surface area contributed by atoms with Gasteiger partial charge in [0.15, 0.2) is 11.4 Å². The Kier molecular flexibility index (Phi) is 9.94. The molecule has 5 atom stereocenters. The third kappa shape index (κ3) is 6.32. The Bertz CT molecular complexity index is 1940. The average Bonchev–Trinajstić information content (AvgIpc) is 3.78. The summed E-state index contributed by atoms with van der Waals surface area (Å²) >= 11 is 0. The van der Waals surface area contributed by atoms with Crippen LogP contribution in [0.25, 0.3) is 0 Å². The number of esters is 1. The van der Waals surface area contributed by atoms with Gasteiger partial charge in [0.1, 0.15) is 5.75 Å². The van der Waals surface area contributed by atoms with Gasteiger partial charge in [-0.2, -0.15) is 0 Å². The molecule has 2 saturated heterocycles. The summed E-state index contributed by atoms with van der Waals surface area (Å²) in [6, 6.07) is 19.3. The van der Waals surface area contributed by atoms with Gasteiger partial charge in [0, 0.05) is 42.2 Å². The summed E-state index contributed by atoms with van der Waals surface area (Å²) in [4.78, 5) is 59.9. The van der Waals surface area contributed by atoms with E-state index in [1.807, 2.05) is 19.1 Å². The standard InChI is InChI=1S/C40H46FN3O8Si/c1-25-37(53(3,4)41)34(23-35(46)42-21-11-12-27(42)24-45)52-40(25)29-22-26(18-19-30(29)43(39(40)49)20-10-9-17-36(47)50-2)44-31-14-6-8-16-33(31)51-32-15-7-5-13-28(32)38(44)48/h5-8,13-16,18-19,22,25,27,34,37,45H,9-12,17,20-21,23-24H2,1-4H3/t25-,27+,34+,37-,40+/m1/s1. The summed E-state index contributed by atoms with van der Waals surface area (Å²) in [6.45, 7) is 5.63. The van der Waals surface area contributed by atoms with E-state index < -0.39 is 31.6 Å². The monoisotopic (exact) mass is 743 g/mol. The number of anilines is 3. The van der Waals surface area contributed by atoms with Crippen molar-refractivity contribution in [1.82, 2.24) is 4.90 Å². The maximum Gasteiger partial charge on any atom is 0.305 e. The molecule has 0 aliphatic carbocycles. The number of rotatable bonds is 10. The summed E-state index contributed by atoms with van der Waals surface area (Å²) in [5.41, 5.74) is 0.0325. The van der Waals surface area contributed by atoms with Crippen molar-refractivity contribution in [3.8, 4) is 11.5 Å². The second kappa shape index (κ2) is 14.3. The Morgan fingerprint density at radius 1 is 1.02 bits per heavy atom. The summed E-state index contributed by atoms with van der Waals surface area (Å²) in [5, 5.41) is 9.94. The Balaban J connectivity index is 1.33. The van der Waals surface area contributed by atoms with Crippen LogP contribution >= 0.6 is 0 Å². The number of aliphatic hydroxyl groups is 1. The quantitative estimate of drug-likeness (QED) is 0.107. The van der Waals surface area contributed by atoms with Crippen LogP contribution in [0.3, 0.4) is 0 Å². The first-order valence-corrected chi connectivity index (χ1v) is 21.4. The Morgan fingerprint density at radius 3 is 2.49 bits per heavy atom. The van der Waals surface area contributed by atoms with Gasteiger partial charge in [-0.25, -0.2) is 0 Å². The molecule has 13 heteroatoms. The molecule has 3 aromatic rings. The molecule has 3 aromatic carbocycles. The van der Waals surface area contributed by atoms with E-state index in [1.165, 1.54) is 7.11 Å². The second-order valence-electron chi connectivity index (χ2n) is 14.9. The number of carbonyl (C=O) groups is 4. The van der Waals surface area contributed by atoms with Crippen molar-refractivity contribution in [1.29, 1.82) is 0 Å². The topological polar surface area (TPSA) is 126 Å². The zero-order valence-corrected chi connectivity index (χ0v) is 31.5. The fraction of sp³-hybridized carbons (Fsp3) is 0.450. The average molecular weight is 744 g/mol. The molecule has 0 aromatic heterocycles. The van der Waals surface area contributed by atoms with Crippen molar-refractivity contribution in [2.24, 2.45) is 5.92 Å². The van der Waals surface area contributed by atoms with Crippen LogP contribution in [0.5, 0.6) is 11.5 Å². The molecule has 11 nitrogen and oxygen atoms in total. The van der Waals surface area contributed by atoms with E-state index >= 15 is 4.11 Å². The smallest absolute Gasteiger partial charge is 0.305 e. The highest BCUT2D eigenvalue weighted by Crippen LogP contribution is 2.61. The number of unbranched alkanes of at least 4 members (excludes halogenated alkanes) is 1. The number of nitrogens with zero attached hydrogens (tertiary/aromatic N) is 3. The van der Waals surface area contributed by atoms with Crippen LogP contribution in [-0.4, -0.2) is 81.1 Å². The molecule has 3 amide bonds. The summed E-state index contributed by atoms with van der Waals surface area (Å²) in [5.74, 6) is -1.04. The lowest BCUT2D eigenvalue weighted by molar-refractivity contribution is -0.150. The predicted octanol–water partition coefficient (Wildman–Crippen LogP) is 6.61. The molecular weight excluding hydrogens is 698 g/mol. The summed E-state index contributed by atoms with van der Waals surface area (Å²) < 4.78 is 34.5. The van der Waals surface area contributed by atoms with Gasteiger partial charge in [0.2, 0.25) is 14.3 Å². The minimum absolute atomic E-state index is 0.124. The lowest BCUT2D eigenvalue weighted by Gasteiger charge is -2.31. The minimum atomic E-state index is -3.60. The molecule has 53 heavy (non-hydrogen) atoms. The Labute approximate surface area is 309 Å². The number of ether oxygens (including phenoxy) is 3. The minimum Gasteiger partial charge on any atom is -0.469 e. The zero-order valence-electron chi connectivity index (χ0n) is 30.5. The number of halogens is 1. The number of amides is 3. The van der Waals surface area contributed by atoms with Crippen molar-refractivity contribution >= 4 is 49.2 Å². The first-order valence-electron chi connectivity index (χ1n) is 18.4. The van der Waals surface area contributed by atoms with Crippen LogP contribution in [0.4, 0.5) is 21.2 Å². The highest BCUT2D eigenvalue weighted by Gasteiger charge is 2.67. The summed E-state index contributed by atoms with van der Waals surface area (Å²) in [7, 11) is -2.26. The van der Waals surface area contributed by atoms with Crippen LogP contribution < -0.4 is 14.5 Å². The first kappa shape index (κ1) is 36.8. The van der Waals surface area contributed by atoms with Crippen molar-refractivity contribution in [3.05, 3.63) is 77.9 Å². The molecule has 0 saturated carbocycles. The van der Waals surface area contributed by atoms with Crippen LogP contribution in [0.15, 0.2) is 66.7 Å². The SMILES string of the molecule is COC(=O)CCCCN1C(=O)[C@@]2(O[C@@H](CC(=O)N3CCC[C@H]3CO)[C@H]([Si](C)(C)F)[C@H]2C)c2cc(N3C(=O)c4ccccc4Oc4ccccc43)ccc21. The van der Waals surface area contributed by atoms with Gasteiger partial charge in [-0.15, -0.1) is 0 Å². The number of carbonyl (C=O) groups excluding carboxylic acids is 4. The molecule has 4 aliphatic heterocycles.